The molecule has 1 N–H and O–H groups in total. The van der Waals surface area contributed by atoms with Gasteiger partial charge in [0.05, 0.1) is 30.5 Å². The highest BCUT2D eigenvalue weighted by atomic mass is 19.1. The van der Waals surface area contributed by atoms with Crippen molar-refractivity contribution in [2.45, 2.75) is 38.2 Å². The number of rotatable bonds is 7. The number of hydrogen-bond donors (Lipinski definition) is 1. The minimum atomic E-state index is -0.953. The molecule has 0 saturated carbocycles. The van der Waals surface area contributed by atoms with Gasteiger partial charge in [0.2, 0.25) is 0 Å². The lowest BCUT2D eigenvalue weighted by molar-refractivity contribution is 0.0782. The van der Waals surface area contributed by atoms with Gasteiger partial charge in [0.1, 0.15) is 6.17 Å². The van der Waals surface area contributed by atoms with Crippen LogP contribution in [0.3, 0.4) is 0 Å². The molecule has 4 heterocycles. The van der Waals surface area contributed by atoms with Gasteiger partial charge in [-0.25, -0.2) is 9.18 Å². The molecule has 3 aliphatic heterocycles. The maximum Gasteiger partial charge on any atom is 0.320 e. The Bertz CT molecular complexity index is 1070. The molecule has 0 aliphatic carbocycles. The van der Waals surface area contributed by atoms with Gasteiger partial charge in [0.15, 0.2) is 0 Å². The Morgan fingerprint density at radius 2 is 1.86 bits per heavy atom. The summed E-state index contributed by atoms with van der Waals surface area (Å²) in [5.41, 5.74) is 3.80. The zero-order valence-electron chi connectivity index (χ0n) is 19.9. The number of benzene rings is 1. The molecule has 5 rings (SSSR count). The molecule has 2 atom stereocenters. The fourth-order valence-electron chi connectivity index (χ4n) is 5.19. The SMILES string of the molecule is O=C(c1ccc(CN2CCN(C[C@H](O)CN3CCc4ccccc4C3)C2=O)nc1)N1CC[C@@H](F)C1. The number of carbonyl (C=O) groups is 2. The number of aromatic nitrogens is 1. The number of hydrogen-bond acceptors (Lipinski definition) is 5. The Morgan fingerprint density at radius 1 is 1.06 bits per heavy atom. The quantitative estimate of drug-likeness (QED) is 0.654. The van der Waals surface area contributed by atoms with Gasteiger partial charge in [-0.2, -0.15) is 0 Å². The van der Waals surface area contributed by atoms with Gasteiger partial charge in [0.25, 0.3) is 5.91 Å². The molecule has 0 unspecified atom stereocenters. The zero-order valence-corrected chi connectivity index (χ0v) is 19.9. The van der Waals surface area contributed by atoms with Gasteiger partial charge in [-0.3, -0.25) is 14.7 Å². The number of pyridine rings is 1. The van der Waals surface area contributed by atoms with E-state index in [9.17, 15) is 19.1 Å². The summed E-state index contributed by atoms with van der Waals surface area (Å²) >= 11 is 0. The van der Waals surface area contributed by atoms with Crippen LogP contribution in [0.2, 0.25) is 0 Å². The molecule has 3 aliphatic rings. The Kier molecular flexibility index (Phi) is 6.97. The number of aliphatic hydroxyl groups is 1. The first-order valence-corrected chi connectivity index (χ1v) is 12.4. The van der Waals surface area contributed by atoms with Crippen molar-refractivity contribution in [2.24, 2.45) is 0 Å². The first kappa shape index (κ1) is 23.7. The summed E-state index contributed by atoms with van der Waals surface area (Å²) in [6.07, 6.45) is 1.30. The van der Waals surface area contributed by atoms with Crippen LogP contribution < -0.4 is 0 Å². The highest BCUT2D eigenvalue weighted by Crippen LogP contribution is 2.20. The summed E-state index contributed by atoms with van der Waals surface area (Å²) in [6.45, 7) is 4.61. The number of nitrogens with zero attached hydrogens (tertiary/aromatic N) is 5. The molecule has 2 saturated heterocycles. The number of fused-ring (bicyclic) bond motifs is 1. The van der Waals surface area contributed by atoms with Gasteiger partial charge >= 0.3 is 6.03 Å². The topological polar surface area (TPSA) is 80.2 Å². The van der Waals surface area contributed by atoms with E-state index in [1.165, 1.54) is 22.2 Å². The summed E-state index contributed by atoms with van der Waals surface area (Å²) < 4.78 is 13.4. The number of β-amino-alcohol motifs (C(OH)–C–C–N with tert-alkyl or cyclic N) is 1. The predicted octanol–water partition coefficient (Wildman–Crippen LogP) is 1.92. The fraction of sp³-hybridized carbons (Fsp3) is 0.500. The molecular weight excluding hydrogens is 449 g/mol. The molecule has 1 aromatic heterocycles. The lowest BCUT2D eigenvalue weighted by Crippen LogP contribution is -2.43. The van der Waals surface area contributed by atoms with Crippen molar-refractivity contribution in [1.29, 1.82) is 0 Å². The van der Waals surface area contributed by atoms with Crippen LogP contribution >= 0.6 is 0 Å². The van der Waals surface area contributed by atoms with Crippen LogP contribution in [0.25, 0.3) is 0 Å². The van der Waals surface area contributed by atoms with E-state index >= 15 is 0 Å². The molecule has 0 spiro atoms. The van der Waals surface area contributed by atoms with E-state index in [1.54, 1.807) is 21.9 Å². The standard InChI is InChI=1S/C26H32FN5O3/c27-22-8-10-30(15-22)25(34)20-5-6-23(28-13-20)16-31-11-12-32(26(31)35)18-24(33)17-29-9-7-19-3-1-2-4-21(19)14-29/h1-6,13,22,24,33H,7-12,14-18H2/t22-,24-/m1/s1. The summed E-state index contributed by atoms with van der Waals surface area (Å²) in [5.74, 6) is -0.209. The second-order valence-electron chi connectivity index (χ2n) is 9.73. The molecular formula is C26H32FN5O3. The van der Waals surface area contributed by atoms with E-state index in [-0.39, 0.29) is 18.5 Å². The van der Waals surface area contributed by atoms with Crippen molar-refractivity contribution in [3.05, 3.63) is 65.0 Å². The maximum atomic E-state index is 13.4. The summed E-state index contributed by atoms with van der Waals surface area (Å²) in [5, 5.41) is 10.7. The molecule has 1 aromatic carbocycles. The molecule has 0 bridgehead atoms. The van der Waals surface area contributed by atoms with Gasteiger partial charge < -0.3 is 19.8 Å². The number of carbonyl (C=O) groups excluding carboxylic acids is 2. The summed E-state index contributed by atoms with van der Waals surface area (Å²) in [4.78, 5) is 36.9. The smallest absolute Gasteiger partial charge is 0.320 e. The fourth-order valence-corrected chi connectivity index (χ4v) is 5.19. The van der Waals surface area contributed by atoms with Crippen LogP contribution in [0, 0.1) is 0 Å². The normalized spacial score (nSPS) is 21.5. The second-order valence-corrected chi connectivity index (χ2v) is 9.73. The molecule has 0 radical (unpaired) electrons. The third-order valence-electron chi connectivity index (χ3n) is 7.13. The average molecular weight is 482 g/mol. The predicted molar refractivity (Wildman–Crippen MR) is 128 cm³/mol. The molecule has 8 nitrogen and oxygen atoms in total. The van der Waals surface area contributed by atoms with Crippen molar-refractivity contribution in [1.82, 2.24) is 24.6 Å². The number of amides is 3. The number of likely N-dealkylation sites (tertiary alicyclic amines) is 1. The summed E-state index contributed by atoms with van der Waals surface area (Å²) in [6, 6.07) is 11.7. The van der Waals surface area contributed by atoms with Crippen molar-refractivity contribution < 1.29 is 19.1 Å². The first-order chi connectivity index (χ1) is 17.0. The lowest BCUT2D eigenvalue weighted by atomic mass is 10.00. The average Bonchev–Trinajstić information content (AvgIpc) is 3.45. The summed E-state index contributed by atoms with van der Waals surface area (Å²) in [7, 11) is 0. The van der Waals surface area contributed by atoms with Gasteiger partial charge in [-0.15, -0.1) is 0 Å². The van der Waals surface area contributed by atoms with E-state index in [4.69, 9.17) is 0 Å². The van der Waals surface area contributed by atoms with E-state index in [0.29, 0.717) is 56.9 Å². The van der Waals surface area contributed by atoms with Crippen molar-refractivity contribution >= 4 is 11.9 Å². The van der Waals surface area contributed by atoms with Crippen LogP contribution in [0.4, 0.5) is 9.18 Å². The maximum absolute atomic E-state index is 13.4. The Morgan fingerprint density at radius 3 is 2.60 bits per heavy atom. The van der Waals surface area contributed by atoms with Crippen molar-refractivity contribution in [3.8, 4) is 0 Å². The second kappa shape index (κ2) is 10.3. The van der Waals surface area contributed by atoms with Gasteiger partial charge in [0, 0.05) is 52.0 Å². The van der Waals surface area contributed by atoms with E-state index in [1.807, 2.05) is 6.07 Å². The third-order valence-corrected chi connectivity index (χ3v) is 7.13. The van der Waals surface area contributed by atoms with Crippen LogP contribution in [0.5, 0.6) is 0 Å². The van der Waals surface area contributed by atoms with Crippen LogP contribution in [0.15, 0.2) is 42.6 Å². The van der Waals surface area contributed by atoms with Crippen molar-refractivity contribution in [3.63, 3.8) is 0 Å². The van der Waals surface area contributed by atoms with Gasteiger partial charge in [-0.05, 0) is 36.1 Å². The number of aliphatic hydroxyl groups excluding tert-OH is 1. The van der Waals surface area contributed by atoms with Gasteiger partial charge in [-0.1, -0.05) is 24.3 Å². The third kappa shape index (κ3) is 5.46. The largest absolute Gasteiger partial charge is 0.390 e. The zero-order chi connectivity index (χ0) is 24.4. The first-order valence-electron chi connectivity index (χ1n) is 12.4. The highest BCUT2D eigenvalue weighted by Gasteiger charge is 2.31. The minimum Gasteiger partial charge on any atom is -0.390 e. The Labute approximate surface area is 204 Å². The van der Waals surface area contributed by atoms with E-state index in [0.717, 1.165) is 19.5 Å². The van der Waals surface area contributed by atoms with Crippen LogP contribution in [-0.2, 0) is 19.5 Å². The molecule has 35 heavy (non-hydrogen) atoms. The van der Waals surface area contributed by atoms with Crippen LogP contribution in [-0.4, -0.2) is 99.7 Å². The monoisotopic (exact) mass is 481 g/mol. The number of urea groups is 1. The van der Waals surface area contributed by atoms with Crippen molar-refractivity contribution in [2.75, 3.05) is 45.8 Å². The molecule has 186 valence electrons. The lowest BCUT2D eigenvalue weighted by Gasteiger charge is -2.31. The highest BCUT2D eigenvalue weighted by molar-refractivity contribution is 5.94. The molecule has 2 aromatic rings. The van der Waals surface area contributed by atoms with E-state index < -0.39 is 12.3 Å². The molecule has 3 amide bonds. The molecule has 2 fully saturated rings. The number of halogens is 1. The minimum absolute atomic E-state index is 0.110. The number of alkyl halides is 1. The van der Waals surface area contributed by atoms with E-state index in [2.05, 4.69) is 28.1 Å². The Balaban J connectivity index is 1.10. The molecule has 9 heteroatoms. The Hall–Kier alpha value is -3.04. The van der Waals surface area contributed by atoms with Crippen LogP contribution in [0.1, 0.15) is 33.6 Å².